The second kappa shape index (κ2) is 6.68. The van der Waals surface area contributed by atoms with Crippen molar-refractivity contribution in [2.75, 3.05) is 19.6 Å². The summed E-state index contributed by atoms with van der Waals surface area (Å²) in [6.07, 6.45) is 2.45. The molecule has 0 aliphatic carbocycles. The lowest BCUT2D eigenvalue weighted by Crippen LogP contribution is -2.40. The number of hydrogen-bond donors (Lipinski definition) is 1. The topological polar surface area (TPSA) is 29.3 Å². The third kappa shape index (κ3) is 3.39. The van der Waals surface area contributed by atoms with Crippen LogP contribution < -0.4 is 5.73 Å². The van der Waals surface area contributed by atoms with Crippen LogP contribution in [0.15, 0.2) is 18.2 Å². The summed E-state index contributed by atoms with van der Waals surface area (Å²) in [6.45, 7) is 9.09. The first kappa shape index (κ1) is 15.5. The van der Waals surface area contributed by atoms with E-state index in [2.05, 4.69) is 18.7 Å². The number of benzene rings is 1. The van der Waals surface area contributed by atoms with E-state index in [4.69, 9.17) is 5.73 Å². The van der Waals surface area contributed by atoms with Crippen LogP contribution in [0.5, 0.6) is 0 Å². The van der Waals surface area contributed by atoms with Gasteiger partial charge < -0.3 is 5.73 Å². The van der Waals surface area contributed by atoms with Crippen molar-refractivity contribution >= 4 is 0 Å². The van der Waals surface area contributed by atoms with Crippen LogP contribution in [-0.2, 0) is 0 Å². The summed E-state index contributed by atoms with van der Waals surface area (Å²) in [5.41, 5.74) is 7.66. The molecular weight excluding hydrogens is 251 g/mol. The first-order chi connectivity index (χ1) is 9.52. The zero-order valence-corrected chi connectivity index (χ0v) is 12.9. The van der Waals surface area contributed by atoms with Crippen LogP contribution in [0.3, 0.4) is 0 Å². The van der Waals surface area contributed by atoms with Crippen LogP contribution in [0.25, 0.3) is 0 Å². The van der Waals surface area contributed by atoms with E-state index in [1.807, 2.05) is 12.1 Å². The molecule has 2 N–H and O–H groups in total. The molecule has 1 heterocycles. The lowest BCUT2D eigenvalue weighted by Gasteiger charge is -2.38. The minimum atomic E-state index is -0.127. The average Bonchev–Trinajstić information content (AvgIpc) is 2.44. The molecule has 0 bridgehead atoms. The van der Waals surface area contributed by atoms with Crippen molar-refractivity contribution in [3.05, 3.63) is 35.1 Å². The van der Waals surface area contributed by atoms with Crippen LogP contribution in [0, 0.1) is 24.6 Å². The smallest absolute Gasteiger partial charge is 0.126 e. The van der Waals surface area contributed by atoms with Gasteiger partial charge in [0.05, 0.1) is 0 Å². The molecule has 0 spiro atoms. The van der Waals surface area contributed by atoms with Crippen LogP contribution in [0.4, 0.5) is 4.39 Å². The van der Waals surface area contributed by atoms with E-state index in [1.54, 1.807) is 13.0 Å². The number of halogens is 1. The van der Waals surface area contributed by atoms with Gasteiger partial charge in [-0.05, 0) is 61.9 Å². The molecule has 1 atom stereocenters. The molecule has 3 heteroatoms. The maximum Gasteiger partial charge on any atom is 0.126 e. The maximum atomic E-state index is 13.8. The van der Waals surface area contributed by atoms with Gasteiger partial charge in [0.1, 0.15) is 5.82 Å². The van der Waals surface area contributed by atoms with Crippen molar-refractivity contribution in [1.82, 2.24) is 4.90 Å². The Labute approximate surface area is 122 Å². The monoisotopic (exact) mass is 278 g/mol. The molecule has 20 heavy (non-hydrogen) atoms. The van der Waals surface area contributed by atoms with Crippen LogP contribution in [-0.4, -0.2) is 24.5 Å². The fourth-order valence-corrected chi connectivity index (χ4v) is 3.21. The second-order valence-electron chi connectivity index (χ2n) is 6.38. The number of nitrogens with two attached hydrogens (primary N) is 1. The number of piperidine rings is 1. The van der Waals surface area contributed by atoms with Gasteiger partial charge in [-0.15, -0.1) is 0 Å². The summed E-state index contributed by atoms with van der Waals surface area (Å²) in [5.74, 6) is 1.45. The highest BCUT2D eigenvalue weighted by Crippen LogP contribution is 2.30. The van der Waals surface area contributed by atoms with Gasteiger partial charge >= 0.3 is 0 Å². The van der Waals surface area contributed by atoms with Crippen LogP contribution in [0.1, 0.15) is 43.9 Å². The second-order valence-corrected chi connectivity index (χ2v) is 6.38. The molecule has 1 aromatic rings. The fraction of sp³-hybridized carbons (Fsp3) is 0.647. The molecule has 1 saturated heterocycles. The molecule has 1 unspecified atom stereocenters. The molecule has 1 aliphatic heterocycles. The number of hydrogen-bond acceptors (Lipinski definition) is 2. The van der Waals surface area contributed by atoms with Crippen LogP contribution >= 0.6 is 0 Å². The highest BCUT2D eigenvalue weighted by Gasteiger charge is 2.26. The van der Waals surface area contributed by atoms with Crippen molar-refractivity contribution < 1.29 is 4.39 Å². The summed E-state index contributed by atoms with van der Waals surface area (Å²) in [5, 5.41) is 0. The normalized spacial score (nSPS) is 19.5. The summed E-state index contributed by atoms with van der Waals surface area (Å²) in [7, 11) is 0. The molecule has 0 radical (unpaired) electrons. The van der Waals surface area contributed by atoms with Gasteiger partial charge in [-0.2, -0.15) is 0 Å². The molecule has 0 aromatic heterocycles. The van der Waals surface area contributed by atoms with Crippen molar-refractivity contribution in [2.24, 2.45) is 17.6 Å². The van der Waals surface area contributed by atoms with E-state index in [9.17, 15) is 4.39 Å². The molecular formula is C17H27FN2. The third-order valence-electron chi connectivity index (χ3n) is 4.76. The number of aryl methyl sites for hydroxylation is 1. The summed E-state index contributed by atoms with van der Waals surface area (Å²) >= 11 is 0. The van der Waals surface area contributed by atoms with Gasteiger partial charge in [0.2, 0.25) is 0 Å². The minimum absolute atomic E-state index is 0.127. The SMILES string of the molecule is Cc1ccc(C(CN)N2CCC(C(C)C)CC2)cc1F. The zero-order valence-electron chi connectivity index (χ0n) is 12.9. The Morgan fingerprint density at radius 3 is 2.45 bits per heavy atom. The Morgan fingerprint density at radius 1 is 1.30 bits per heavy atom. The van der Waals surface area contributed by atoms with Crippen molar-refractivity contribution in [2.45, 2.75) is 39.7 Å². The molecule has 1 aromatic carbocycles. The quantitative estimate of drug-likeness (QED) is 0.913. The Morgan fingerprint density at radius 2 is 1.95 bits per heavy atom. The van der Waals surface area contributed by atoms with Gasteiger partial charge in [0.25, 0.3) is 0 Å². The van der Waals surface area contributed by atoms with Gasteiger partial charge in [-0.3, -0.25) is 4.90 Å². The largest absolute Gasteiger partial charge is 0.329 e. The molecule has 0 amide bonds. The summed E-state index contributed by atoms with van der Waals surface area (Å²) in [6, 6.07) is 5.68. The third-order valence-corrected chi connectivity index (χ3v) is 4.76. The average molecular weight is 278 g/mol. The number of nitrogens with zero attached hydrogens (tertiary/aromatic N) is 1. The number of rotatable bonds is 4. The van der Waals surface area contributed by atoms with E-state index in [-0.39, 0.29) is 11.9 Å². The van der Waals surface area contributed by atoms with Crippen molar-refractivity contribution in [3.8, 4) is 0 Å². The molecule has 1 fully saturated rings. The summed E-state index contributed by atoms with van der Waals surface area (Å²) < 4.78 is 13.8. The maximum absolute atomic E-state index is 13.8. The van der Waals surface area contributed by atoms with Gasteiger partial charge in [-0.1, -0.05) is 26.0 Å². The summed E-state index contributed by atoms with van der Waals surface area (Å²) in [4.78, 5) is 2.42. The lowest BCUT2D eigenvalue weighted by atomic mass is 9.86. The van der Waals surface area contributed by atoms with E-state index in [0.29, 0.717) is 12.1 Å². The fourth-order valence-electron chi connectivity index (χ4n) is 3.21. The predicted molar refractivity (Wildman–Crippen MR) is 82.1 cm³/mol. The van der Waals surface area contributed by atoms with E-state index >= 15 is 0 Å². The first-order valence-corrected chi connectivity index (χ1v) is 7.73. The Bertz CT molecular complexity index is 437. The zero-order chi connectivity index (χ0) is 14.7. The molecule has 112 valence electrons. The highest BCUT2D eigenvalue weighted by molar-refractivity contribution is 5.26. The van der Waals surface area contributed by atoms with Gasteiger partial charge in [0, 0.05) is 12.6 Å². The Kier molecular flexibility index (Phi) is 5.17. The minimum Gasteiger partial charge on any atom is -0.329 e. The predicted octanol–water partition coefficient (Wildman–Crippen LogP) is 3.50. The lowest BCUT2D eigenvalue weighted by molar-refractivity contribution is 0.117. The van der Waals surface area contributed by atoms with E-state index < -0.39 is 0 Å². The standard InChI is InChI=1S/C17H27FN2/c1-12(2)14-6-8-20(9-7-14)17(11-19)15-5-4-13(3)16(18)10-15/h4-5,10,12,14,17H,6-9,11,19H2,1-3H3. The Hall–Kier alpha value is -0.930. The van der Waals surface area contributed by atoms with Gasteiger partial charge in [0.15, 0.2) is 0 Å². The van der Waals surface area contributed by atoms with Crippen molar-refractivity contribution in [3.63, 3.8) is 0 Å². The van der Waals surface area contributed by atoms with E-state index in [1.165, 1.54) is 12.8 Å². The number of likely N-dealkylation sites (tertiary alicyclic amines) is 1. The molecule has 2 rings (SSSR count). The van der Waals surface area contributed by atoms with Crippen molar-refractivity contribution in [1.29, 1.82) is 0 Å². The van der Waals surface area contributed by atoms with Crippen LogP contribution in [0.2, 0.25) is 0 Å². The van der Waals surface area contributed by atoms with Gasteiger partial charge in [-0.25, -0.2) is 4.39 Å². The Balaban J connectivity index is 2.07. The molecule has 2 nitrogen and oxygen atoms in total. The molecule has 0 saturated carbocycles. The van der Waals surface area contributed by atoms with E-state index in [0.717, 1.165) is 30.5 Å². The first-order valence-electron chi connectivity index (χ1n) is 7.73. The highest BCUT2D eigenvalue weighted by atomic mass is 19.1. The molecule has 1 aliphatic rings.